The molecule has 2 rings (SSSR count). The largest absolute Gasteiger partial charge is 0.373 e. The van der Waals surface area contributed by atoms with Crippen molar-refractivity contribution < 1.29 is 0 Å². The van der Waals surface area contributed by atoms with Gasteiger partial charge in [-0.3, -0.25) is 0 Å². The Balaban J connectivity index is 2.29. The molecular weight excluding hydrogens is 258 g/mol. The van der Waals surface area contributed by atoms with Crippen molar-refractivity contribution in [2.24, 2.45) is 0 Å². The molecule has 1 heterocycles. The molecule has 0 aliphatic heterocycles. The Labute approximate surface area is 116 Å². The van der Waals surface area contributed by atoms with E-state index in [1.807, 2.05) is 31.5 Å². The van der Waals surface area contributed by atoms with Crippen molar-refractivity contribution in [3.05, 3.63) is 35.9 Å². The van der Waals surface area contributed by atoms with Crippen molar-refractivity contribution in [3.63, 3.8) is 0 Å². The molecule has 0 aliphatic rings. The molecule has 0 unspecified atom stereocenters. The van der Waals surface area contributed by atoms with Gasteiger partial charge in [0, 0.05) is 18.8 Å². The summed E-state index contributed by atoms with van der Waals surface area (Å²) in [6.07, 6.45) is 1.93. The number of nitriles is 1. The number of rotatable bonds is 4. The van der Waals surface area contributed by atoms with E-state index in [1.165, 1.54) is 11.8 Å². The number of anilines is 3. The number of nitrogens with zero attached hydrogens (tertiary/aromatic N) is 3. The van der Waals surface area contributed by atoms with Crippen LogP contribution in [0.3, 0.4) is 0 Å². The molecule has 2 N–H and O–H groups in total. The van der Waals surface area contributed by atoms with Gasteiger partial charge in [-0.2, -0.15) is 5.26 Å². The van der Waals surface area contributed by atoms with Gasteiger partial charge in [0.05, 0.1) is 11.6 Å². The van der Waals surface area contributed by atoms with E-state index in [2.05, 4.69) is 26.7 Å². The van der Waals surface area contributed by atoms with Gasteiger partial charge in [0.2, 0.25) is 0 Å². The Morgan fingerprint density at radius 3 is 2.68 bits per heavy atom. The highest BCUT2D eigenvalue weighted by Crippen LogP contribution is 2.21. The molecule has 96 valence electrons. The second-order valence-corrected chi connectivity index (χ2v) is 4.47. The maximum atomic E-state index is 8.88. The quantitative estimate of drug-likeness (QED) is 0.658. The van der Waals surface area contributed by atoms with Crippen LogP contribution in [0.2, 0.25) is 0 Å². The summed E-state index contributed by atoms with van der Waals surface area (Å²) in [7, 11) is 1.81. The lowest BCUT2D eigenvalue weighted by atomic mass is 10.2. The lowest BCUT2D eigenvalue weighted by molar-refractivity contribution is 0.977. The highest BCUT2D eigenvalue weighted by molar-refractivity contribution is 7.98. The third-order valence-electron chi connectivity index (χ3n) is 2.41. The zero-order valence-electron chi connectivity index (χ0n) is 10.6. The highest BCUT2D eigenvalue weighted by atomic mass is 32.2. The molecule has 0 bridgehead atoms. The Kier molecular flexibility index (Phi) is 4.21. The summed E-state index contributed by atoms with van der Waals surface area (Å²) in [5, 5.41) is 15.7. The Morgan fingerprint density at radius 1 is 1.21 bits per heavy atom. The van der Waals surface area contributed by atoms with Crippen molar-refractivity contribution in [3.8, 4) is 6.07 Å². The number of aromatic nitrogens is 2. The lowest BCUT2D eigenvalue weighted by Crippen LogP contribution is -2.00. The van der Waals surface area contributed by atoms with Gasteiger partial charge in [-0.25, -0.2) is 9.97 Å². The van der Waals surface area contributed by atoms with Crippen LogP contribution in [-0.4, -0.2) is 23.3 Å². The fourth-order valence-corrected chi connectivity index (χ4v) is 1.90. The Hall–Kier alpha value is -2.26. The molecule has 0 spiro atoms. The van der Waals surface area contributed by atoms with Gasteiger partial charge in [0.15, 0.2) is 5.16 Å². The van der Waals surface area contributed by atoms with Crippen molar-refractivity contribution in [1.29, 1.82) is 5.26 Å². The minimum Gasteiger partial charge on any atom is -0.373 e. The van der Waals surface area contributed by atoms with E-state index in [0.717, 1.165) is 11.5 Å². The first kappa shape index (κ1) is 13.2. The monoisotopic (exact) mass is 271 g/mol. The van der Waals surface area contributed by atoms with E-state index in [4.69, 9.17) is 5.26 Å². The maximum absolute atomic E-state index is 8.88. The predicted molar refractivity (Wildman–Crippen MR) is 77.8 cm³/mol. The minimum atomic E-state index is 0.609. The van der Waals surface area contributed by atoms with Gasteiger partial charge in [-0.05, 0) is 24.5 Å². The van der Waals surface area contributed by atoms with Gasteiger partial charge in [0.25, 0.3) is 0 Å². The van der Waals surface area contributed by atoms with Crippen LogP contribution in [0.25, 0.3) is 0 Å². The summed E-state index contributed by atoms with van der Waals surface area (Å²) in [6.45, 7) is 0. The fourth-order valence-electron chi connectivity index (χ4n) is 1.52. The van der Waals surface area contributed by atoms with E-state index in [-0.39, 0.29) is 0 Å². The normalized spacial score (nSPS) is 9.74. The SMILES string of the molecule is CNc1cc(Nc2cccc(C#N)c2)nc(SC)n1. The third-order valence-corrected chi connectivity index (χ3v) is 2.96. The van der Waals surface area contributed by atoms with E-state index in [0.29, 0.717) is 16.5 Å². The van der Waals surface area contributed by atoms with Crippen molar-refractivity contribution in [2.75, 3.05) is 23.9 Å². The Bertz CT molecular complexity index is 598. The van der Waals surface area contributed by atoms with Gasteiger partial charge in [-0.1, -0.05) is 17.8 Å². The first-order valence-corrected chi connectivity index (χ1v) is 6.85. The van der Waals surface area contributed by atoms with Crippen LogP contribution in [-0.2, 0) is 0 Å². The second-order valence-electron chi connectivity index (χ2n) is 3.69. The van der Waals surface area contributed by atoms with Crippen LogP contribution in [0, 0.1) is 11.3 Å². The average Bonchev–Trinajstić information content (AvgIpc) is 2.47. The van der Waals surface area contributed by atoms with E-state index in [9.17, 15) is 0 Å². The first-order valence-electron chi connectivity index (χ1n) is 5.63. The van der Waals surface area contributed by atoms with Crippen LogP contribution in [0.15, 0.2) is 35.5 Å². The maximum Gasteiger partial charge on any atom is 0.191 e. The number of hydrogen-bond donors (Lipinski definition) is 2. The molecule has 1 aromatic carbocycles. The van der Waals surface area contributed by atoms with Gasteiger partial charge < -0.3 is 10.6 Å². The molecule has 0 amide bonds. The van der Waals surface area contributed by atoms with Crippen LogP contribution in [0.4, 0.5) is 17.3 Å². The lowest BCUT2D eigenvalue weighted by Gasteiger charge is -2.09. The molecule has 0 fully saturated rings. The molecule has 2 aromatic rings. The third kappa shape index (κ3) is 3.36. The summed E-state index contributed by atoms with van der Waals surface area (Å²) in [4.78, 5) is 8.66. The average molecular weight is 271 g/mol. The molecule has 0 saturated heterocycles. The highest BCUT2D eigenvalue weighted by Gasteiger charge is 2.04. The number of nitrogens with one attached hydrogen (secondary N) is 2. The topological polar surface area (TPSA) is 73.6 Å². The minimum absolute atomic E-state index is 0.609. The van der Waals surface area contributed by atoms with Crippen LogP contribution in [0.5, 0.6) is 0 Å². The molecule has 0 radical (unpaired) electrons. The first-order chi connectivity index (χ1) is 9.25. The van der Waals surface area contributed by atoms with Crippen molar-refractivity contribution in [2.45, 2.75) is 5.16 Å². The molecule has 0 aliphatic carbocycles. The molecule has 6 heteroatoms. The summed E-state index contributed by atoms with van der Waals surface area (Å²) in [6, 6.07) is 11.2. The fraction of sp³-hybridized carbons (Fsp3) is 0.154. The van der Waals surface area contributed by atoms with Crippen LogP contribution < -0.4 is 10.6 Å². The zero-order valence-corrected chi connectivity index (χ0v) is 11.5. The molecule has 5 nitrogen and oxygen atoms in total. The summed E-state index contributed by atoms with van der Waals surface area (Å²) in [5.74, 6) is 1.44. The van der Waals surface area contributed by atoms with Gasteiger partial charge in [0.1, 0.15) is 11.6 Å². The number of hydrogen-bond acceptors (Lipinski definition) is 6. The summed E-state index contributed by atoms with van der Waals surface area (Å²) in [5.41, 5.74) is 1.44. The van der Waals surface area contributed by atoms with Crippen LogP contribution in [0.1, 0.15) is 5.56 Å². The second kappa shape index (κ2) is 6.07. The van der Waals surface area contributed by atoms with Crippen molar-refractivity contribution in [1.82, 2.24) is 9.97 Å². The summed E-state index contributed by atoms with van der Waals surface area (Å²) < 4.78 is 0. The molecule has 1 aromatic heterocycles. The Morgan fingerprint density at radius 2 is 2.00 bits per heavy atom. The van der Waals surface area contributed by atoms with Crippen molar-refractivity contribution >= 4 is 29.1 Å². The summed E-state index contributed by atoms with van der Waals surface area (Å²) >= 11 is 1.48. The standard InChI is InChI=1S/C13H13N5S/c1-15-11-7-12(18-13(17-11)19-2)16-10-5-3-4-9(6-10)8-14/h3-7H,1-2H3,(H2,15,16,17,18). The molecule has 0 atom stereocenters. The van der Waals surface area contributed by atoms with Gasteiger partial charge >= 0.3 is 0 Å². The molecule has 0 saturated carbocycles. The van der Waals surface area contributed by atoms with Gasteiger partial charge in [-0.15, -0.1) is 0 Å². The van der Waals surface area contributed by atoms with E-state index in [1.54, 1.807) is 12.1 Å². The van der Waals surface area contributed by atoms with Crippen LogP contribution >= 0.6 is 11.8 Å². The number of thioether (sulfide) groups is 1. The smallest absolute Gasteiger partial charge is 0.191 e. The zero-order chi connectivity index (χ0) is 13.7. The molecule has 19 heavy (non-hydrogen) atoms. The molecular formula is C13H13N5S. The van der Waals surface area contributed by atoms with E-state index >= 15 is 0 Å². The number of benzene rings is 1. The van der Waals surface area contributed by atoms with E-state index < -0.39 is 0 Å². The predicted octanol–water partition coefficient (Wildman–Crippen LogP) is 2.86.